The van der Waals surface area contributed by atoms with E-state index in [1.165, 1.54) is 38.5 Å². The normalized spacial score (nSPS) is 14.7. The molecule has 208 valence electrons. The van der Waals surface area contributed by atoms with Gasteiger partial charge in [-0.05, 0) is 55.4 Å². The lowest BCUT2D eigenvalue weighted by Gasteiger charge is -2.28. The molecule has 1 saturated heterocycles. The highest BCUT2D eigenvalue weighted by Crippen LogP contribution is 2.43. The van der Waals surface area contributed by atoms with Gasteiger partial charge < -0.3 is 14.2 Å². The number of carbonyl (C=O) groups excluding carboxylic acids is 1. The number of rotatable bonds is 15. The van der Waals surface area contributed by atoms with E-state index in [9.17, 15) is 4.79 Å². The Labute approximate surface area is 234 Å². The summed E-state index contributed by atoms with van der Waals surface area (Å²) in [7, 11) is 0. The SMILES string of the molecule is C[C@H](CCCCCCCCCC1OCCO1)OC(=O)C=P(c1ccccc1)(c1ccccc1)c1ccccc1. The first kappa shape index (κ1) is 29.3. The molecule has 39 heavy (non-hydrogen) atoms. The van der Waals surface area contributed by atoms with Crippen LogP contribution in [0.25, 0.3) is 0 Å². The van der Waals surface area contributed by atoms with Gasteiger partial charge in [0.2, 0.25) is 0 Å². The molecule has 1 heterocycles. The summed E-state index contributed by atoms with van der Waals surface area (Å²) in [6.07, 6.45) is 10.2. The van der Waals surface area contributed by atoms with Crippen molar-refractivity contribution in [2.75, 3.05) is 13.2 Å². The molecule has 1 aliphatic rings. The molecule has 0 bridgehead atoms. The molecule has 0 spiro atoms. The van der Waals surface area contributed by atoms with Gasteiger partial charge in [-0.25, -0.2) is 4.79 Å². The molecule has 0 aliphatic carbocycles. The van der Waals surface area contributed by atoms with Crippen LogP contribution in [0.15, 0.2) is 91.0 Å². The number of carbonyl (C=O) groups is 1. The number of hydrogen-bond donors (Lipinski definition) is 0. The summed E-state index contributed by atoms with van der Waals surface area (Å²) in [5, 5.41) is 3.45. The van der Waals surface area contributed by atoms with Gasteiger partial charge in [-0.15, -0.1) is 0 Å². The molecule has 0 aromatic heterocycles. The standard InChI is InChI=1S/C34H43O4P/c1-29(18-10-5-3-2-4-6-17-25-34-36-26-27-37-34)38-33(35)28-39(30-19-11-7-12-20-30,31-21-13-8-14-22-31)32-23-15-9-16-24-32/h7-9,11-16,19-24,28-29,34H,2-6,10,17-18,25-27H2,1H3/t29-/m1/s1. The Morgan fingerprint density at radius 3 is 1.67 bits per heavy atom. The summed E-state index contributed by atoms with van der Waals surface area (Å²) in [6, 6.07) is 31.2. The highest BCUT2D eigenvalue weighted by atomic mass is 31.2. The predicted octanol–water partition coefficient (Wildman–Crippen LogP) is 6.60. The Hall–Kier alpha value is -2.65. The minimum Gasteiger partial charge on any atom is -0.459 e. The van der Waals surface area contributed by atoms with Gasteiger partial charge in [-0.1, -0.05) is 123 Å². The Morgan fingerprint density at radius 2 is 1.18 bits per heavy atom. The quantitative estimate of drug-likeness (QED) is 0.122. The first-order chi connectivity index (χ1) is 19.2. The van der Waals surface area contributed by atoms with Crippen LogP contribution < -0.4 is 15.9 Å². The highest BCUT2D eigenvalue weighted by Gasteiger charge is 2.27. The van der Waals surface area contributed by atoms with Crippen molar-refractivity contribution < 1.29 is 19.0 Å². The second kappa shape index (κ2) is 15.8. The molecule has 0 radical (unpaired) electrons. The summed E-state index contributed by atoms with van der Waals surface area (Å²) >= 11 is 0. The lowest BCUT2D eigenvalue weighted by molar-refractivity contribution is -0.139. The number of hydrogen-bond acceptors (Lipinski definition) is 4. The Kier molecular flexibility index (Phi) is 11.9. The third-order valence-corrected chi connectivity index (χ3v) is 11.3. The summed E-state index contributed by atoms with van der Waals surface area (Å²) < 4.78 is 17.0. The van der Waals surface area contributed by atoms with E-state index in [-0.39, 0.29) is 18.4 Å². The smallest absolute Gasteiger partial charge is 0.332 e. The monoisotopic (exact) mass is 546 g/mol. The van der Waals surface area contributed by atoms with Crippen LogP contribution in [0.5, 0.6) is 0 Å². The number of benzene rings is 3. The molecule has 4 rings (SSSR count). The average Bonchev–Trinajstić information content (AvgIpc) is 3.50. The molecule has 0 N–H and O–H groups in total. The topological polar surface area (TPSA) is 44.8 Å². The fraction of sp³-hybridized carbons (Fsp3) is 0.412. The van der Waals surface area contributed by atoms with Crippen molar-refractivity contribution in [3.8, 4) is 0 Å². The van der Waals surface area contributed by atoms with Crippen molar-refractivity contribution in [3.63, 3.8) is 0 Å². The predicted molar refractivity (Wildman–Crippen MR) is 164 cm³/mol. The molecular formula is C34H43O4P. The number of esters is 1. The van der Waals surface area contributed by atoms with Crippen molar-refractivity contribution in [1.29, 1.82) is 0 Å². The second-order valence-electron chi connectivity index (χ2n) is 10.3. The zero-order chi connectivity index (χ0) is 27.2. The van der Waals surface area contributed by atoms with E-state index in [0.29, 0.717) is 0 Å². The maximum atomic E-state index is 13.5. The summed E-state index contributed by atoms with van der Waals surface area (Å²) in [4.78, 5) is 13.5. The average molecular weight is 547 g/mol. The second-order valence-corrected chi connectivity index (χ2v) is 13.6. The minimum absolute atomic E-state index is 0.0341. The molecule has 4 nitrogen and oxygen atoms in total. The van der Waals surface area contributed by atoms with Crippen LogP contribution in [0.1, 0.15) is 64.7 Å². The van der Waals surface area contributed by atoms with Crippen LogP contribution in [0, 0.1) is 0 Å². The number of unbranched alkanes of at least 4 members (excludes halogenated alkanes) is 6. The van der Waals surface area contributed by atoms with Gasteiger partial charge in [0.05, 0.1) is 19.3 Å². The molecule has 0 unspecified atom stereocenters. The fourth-order valence-corrected chi connectivity index (χ4v) is 8.95. The highest BCUT2D eigenvalue weighted by molar-refractivity contribution is 7.95. The zero-order valence-electron chi connectivity index (χ0n) is 23.3. The van der Waals surface area contributed by atoms with Gasteiger partial charge in [0, 0.05) is 5.80 Å². The van der Waals surface area contributed by atoms with Gasteiger partial charge in [0.1, 0.15) is 0 Å². The third kappa shape index (κ3) is 8.67. The Bertz CT molecular complexity index is 1050. The lowest BCUT2D eigenvalue weighted by atomic mass is 10.1. The van der Waals surface area contributed by atoms with E-state index >= 15 is 0 Å². The third-order valence-electron chi connectivity index (χ3n) is 7.35. The van der Waals surface area contributed by atoms with Crippen LogP contribution in [0.4, 0.5) is 0 Å². The van der Waals surface area contributed by atoms with Crippen LogP contribution in [0.3, 0.4) is 0 Å². The maximum absolute atomic E-state index is 13.5. The Morgan fingerprint density at radius 1 is 0.744 bits per heavy atom. The van der Waals surface area contributed by atoms with Crippen molar-refractivity contribution in [2.24, 2.45) is 0 Å². The minimum atomic E-state index is -2.34. The maximum Gasteiger partial charge on any atom is 0.332 e. The van der Waals surface area contributed by atoms with Gasteiger partial charge >= 0.3 is 5.97 Å². The van der Waals surface area contributed by atoms with Crippen molar-refractivity contribution in [1.82, 2.24) is 0 Å². The summed E-state index contributed by atoms with van der Waals surface area (Å²) in [5.41, 5.74) is 0. The van der Waals surface area contributed by atoms with E-state index < -0.39 is 6.89 Å². The summed E-state index contributed by atoms with van der Waals surface area (Å²) in [5.74, 6) is 1.65. The van der Waals surface area contributed by atoms with E-state index in [1.807, 2.05) is 30.9 Å². The molecule has 0 saturated carbocycles. The largest absolute Gasteiger partial charge is 0.459 e. The number of ether oxygens (including phenoxy) is 3. The van der Waals surface area contributed by atoms with E-state index in [2.05, 4.69) is 72.8 Å². The van der Waals surface area contributed by atoms with Crippen LogP contribution in [-0.2, 0) is 19.0 Å². The molecule has 3 aromatic carbocycles. The van der Waals surface area contributed by atoms with E-state index in [1.54, 1.807) is 0 Å². The van der Waals surface area contributed by atoms with Crippen LogP contribution >= 0.6 is 6.89 Å². The van der Waals surface area contributed by atoms with Crippen molar-refractivity contribution >= 4 is 34.6 Å². The van der Waals surface area contributed by atoms with Crippen LogP contribution in [-0.4, -0.2) is 37.4 Å². The van der Waals surface area contributed by atoms with Crippen molar-refractivity contribution in [2.45, 2.75) is 77.1 Å². The Balaban J connectivity index is 1.33. The first-order valence-corrected chi connectivity index (χ1v) is 16.4. The molecular weight excluding hydrogens is 503 g/mol. The molecule has 5 heteroatoms. The molecule has 1 atom stereocenters. The first-order valence-electron chi connectivity index (χ1n) is 14.5. The molecule has 0 amide bonds. The fourth-order valence-electron chi connectivity index (χ4n) is 5.31. The van der Waals surface area contributed by atoms with Gasteiger partial charge in [-0.2, -0.15) is 0 Å². The van der Waals surface area contributed by atoms with Gasteiger partial charge in [-0.3, -0.25) is 0 Å². The van der Waals surface area contributed by atoms with E-state index in [4.69, 9.17) is 14.2 Å². The van der Waals surface area contributed by atoms with Gasteiger partial charge in [0.25, 0.3) is 0 Å². The van der Waals surface area contributed by atoms with E-state index in [0.717, 1.165) is 48.4 Å². The molecule has 1 aliphatic heterocycles. The molecule has 3 aromatic rings. The van der Waals surface area contributed by atoms with Gasteiger partial charge in [0.15, 0.2) is 6.29 Å². The zero-order valence-corrected chi connectivity index (χ0v) is 24.1. The van der Waals surface area contributed by atoms with Crippen LogP contribution in [0.2, 0.25) is 0 Å². The summed E-state index contributed by atoms with van der Waals surface area (Å²) in [6.45, 7) is 1.17. The molecule has 1 fully saturated rings. The lowest BCUT2D eigenvalue weighted by Crippen LogP contribution is -2.29. The van der Waals surface area contributed by atoms with Crippen molar-refractivity contribution in [3.05, 3.63) is 91.0 Å².